The number of carbonyl (C=O) groups is 1. The van der Waals surface area contributed by atoms with Gasteiger partial charge in [0.2, 0.25) is 0 Å². The van der Waals surface area contributed by atoms with Crippen LogP contribution in [-0.2, 0) is 11.3 Å². The number of nitrogens with zero attached hydrogens (tertiary/aromatic N) is 2. The van der Waals surface area contributed by atoms with E-state index >= 15 is 0 Å². The van der Waals surface area contributed by atoms with Crippen LogP contribution in [-0.4, -0.2) is 35.0 Å². The van der Waals surface area contributed by atoms with Gasteiger partial charge in [0.25, 0.3) is 0 Å². The lowest BCUT2D eigenvalue weighted by Gasteiger charge is -2.24. The Balaban J connectivity index is 2.02. The minimum absolute atomic E-state index is 0.273. The molecule has 0 amide bonds. The fraction of sp³-hybridized carbons (Fsp3) is 0.333. The van der Waals surface area contributed by atoms with Gasteiger partial charge in [-0.25, -0.2) is 4.79 Å². The molecule has 5 nitrogen and oxygen atoms in total. The summed E-state index contributed by atoms with van der Waals surface area (Å²) in [5.41, 5.74) is 2.74. The molecule has 0 aliphatic heterocycles. The van der Waals surface area contributed by atoms with E-state index in [1.807, 2.05) is 24.4 Å². The van der Waals surface area contributed by atoms with Gasteiger partial charge in [0.15, 0.2) is 0 Å². The van der Waals surface area contributed by atoms with E-state index in [2.05, 4.69) is 33.6 Å². The van der Waals surface area contributed by atoms with E-state index in [0.717, 1.165) is 12.1 Å². The van der Waals surface area contributed by atoms with Crippen LogP contribution < -0.4 is 0 Å². The largest absolute Gasteiger partial charge is 0.464 e. The van der Waals surface area contributed by atoms with E-state index < -0.39 is 0 Å². The third-order valence-electron chi connectivity index (χ3n) is 3.43. The quantitative estimate of drug-likeness (QED) is 0.850. The predicted molar refractivity (Wildman–Crippen MR) is 76.3 cm³/mol. The molecule has 0 aliphatic rings. The highest BCUT2D eigenvalue weighted by Gasteiger charge is 2.14. The summed E-state index contributed by atoms with van der Waals surface area (Å²) in [6.45, 7) is 2.89. The van der Waals surface area contributed by atoms with Crippen LogP contribution in [0, 0.1) is 0 Å². The molecule has 2 aromatic rings. The van der Waals surface area contributed by atoms with Crippen molar-refractivity contribution in [3.8, 4) is 0 Å². The Morgan fingerprint density at radius 3 is 2.80 bits per heavy atom. The van der Waals surface area contributed by atoms with E-state index in [1.165, 1.54) is 12.7 Å². The number of esters is 1. The molecule has 0 saturated carbocycles. The van der Waals surface area contributed by atoms with Crippen LogP contribution in [0.3, 0.4) is 0 Å². The van der Waals surface area contributed by atoms with Crippen molar-refractivity contribution in [2.24, 2.45) is 0 Å². The number of hydrogen-bond acceptors (Lipinski definition) is 4. The topological polar surface area (TPSA) is 58.2 Å². The van der Waals surface area contributed by atoms with Gasteiger partial charge in [-0.3, -0.25) is 9.88 Å². The van der Waals surface area contributed by atoms with Gasteiger partial charge in [-0.2, -0.15) is 0 Å². The van der Waals surface area contributed by atoms with Crippen molar-refractivity contribution in [3.63, 3.8) is 0 Å². The first-order valence-corrected chi connectivity index (χ1v) is 6.47. The normalized spacial score (nSPS) is 12.4. The smallest absolute Gasteiger partial charge is 0.354 e. The fourth-order valence-corrected chi connectivity index (χ4v) is 2.08. The lowest BCUT2D eigenvalue weighted by molar-refractivity contribution is 0.0595. The second-order valence-corrected chi connectivity index (χ2v) is 4.78. The van der Waals surface area contributed by atoms with Crippen molar-refractivity contribution in [2.45, 2.75) is 19.5 Å². The minimum Gasteiger partial charge on any atom is -0.464 e. The number of hydrogen-bond donors (Lipinski definition) is 1. The Morgan fingerprint density at radius 1 is 1.45 bits per heavy atom. The van der Waals surface area contributed by atoms with Crippen LogP contribution >= 0.6 is 0 Å². The van der Waals surface area contributed by atoms with Crippen molar-refractivity contribution in [1.82, 2.24) is 14.9 Å². The summed E-state index contributed by atoms with van der Waals surface area (Å²) in [4.78, 5) is 20.6. The Kier molecular flexibility index (Phi) is 4.53. The summed E-state index contributed by atoms with van der Waals surface area (Å²) in [5, 5.41) is 0. The monoisotopic (exact) mass is 273 g/mol. The average Bonchev–Trinajstić information content (AvgIpc) is 2.95. The number of aromatic nitrogens is 2. The molecule has 0 radical (unpaired) electrons. The highest BCUT2D eigenvalue weighted by atomic mass is 16.5. The molecule has 0 spiro atoms. The number of pyridine rings is 1. The Morgan fingerprint density at radius 2 is 2.15 bits per heavy atom. The molecule has 0 bridgehead atoms. The maximum absolute atomic E-state index is 11.4. The SMILES string of the molecule is COC(=O)c1cc(CN(C)C(C)c2ccncc2)c[nH]1. The van der Waals surface area contributed by atoms with Crippen molar-refractivity contribution in [2.75, 3.05) is 14.2 Å². The fourth-order valence-electron chi connectivity index (χ4n) is 2.08. The van der Waals surface area contributed by atoms with Crippen LogP contribution in [0.1, 0.15) is 34.6 Å². The molecule has 2 heterocycles. The first-order chi connectivity index (χ1) is 9.61. The van der Waals surface area contributed by atoms with Gasteiger partial charge in [-0.05, 0) is 43.3 Å². The first kappa shape index (κ1) is 14.3. The van der Waals surface area contributed by atoms with Gasteiger partial charge in [-0.1, -0.05) is 0 Å². The number of methoxy groups -OCH3 is 1. The summed E-state index contributed by atoms with van der Waals surface area (Å²) in [6, 6.07) is 6.12. The highest BCUT2D eigenvalue weighted by molar-refractivity contribution is 5.87. The van der Waals surface area contributed by atoms with Crippen LogP contribution in [0.2, 0.25) is 0 Å². The summed E-state index contributed by atoms with van der Waals surface area (Å²) < 4.78 is 4.68. The number of carbonyl (C=O) groups excluding carboxylic acids is 1. The second kappa shape index (κ2) is 6.34. The van der Waals surface area contributed by atoms with Crippen LogP contribution in [0.5, 0.6) is 0 Å². The molecule has 1 atom stereocenters. The molecule has 0 aromatic carbocycles. The van der Waals surface area contributed by atoms with Crippen molar-refractivity contribution in [1.29, 1.82) is 0 Å². The number of H-pyrrole nitrogens is 1. The summed E-state index contributed by atoms with van der Waals surface area (Å²) in [7, 11) is 3.43. The Hall–Kier alpha value is -2.14. The number of rotatable bonds is 5. The number of ether oxygens (including phenoxy) is 1. The lowest BCUT2D eigenvalue weighted by atomic mass is 10.1. The Bertz CT molecular complexity index is 566. The van der Waals surface area contributed by atoms with Gasteiger partial charge in [-0.15, -0.1) is 0 Å². The molecule has 2 rings (SSSR count). The second-order valence-electron chi connectivity index (χ2n) is 4.78. The molecule has 0 fully saturated rings. The zero-order valence-corrected chi connectivity index (χ0v) is 12.0. The maximum atomic E-state index is 11.4. The van der Waals surface area contributed by atoms with Crippen molar-refractivity contribution >= 4 is 5.97 Å². The van der Waals surface area contributed by atoms with E-state index in [9.17, 15) is 4.79 Å². The van der Waals surface area contributed by atoms with E-state index in [0.29, 0.717) is 5.69 Å². The van der Waals surface area contributed by atoms with Crippen molar-refractivity contribution in [3.05, 3.63) is 53.6 Å². The summed E-state index contributed by atoms with van der Waals surface area (Å²) in [6.07, 6.45) is 5.43. The van der Waals surface area contributed by atoms with E-state index in [1.54, 1.807) is 12.4 Å². The molecule has 2 aromatic heterocycles. The van der Waals surface area contributed by atoms with Gasteiger partial charge < -0.3 is 9.72 Å². The van der Waals surface area contributed by atoms with Gasteiger partial charge in [0.05, 0.1) is 7.11 Å². The predicted octanol–water partition coefficient (Wildman–Crippen LogP) is 2.39. The molecule has 1 unspecified atom stereocenters. The molecular weight excluding hydrogens is 254 g/mol. The van der Waals surface area contributed by atoms with Crippen molar-refractivity contribution < 1.29 is 9.53 Å². The Labute approximate surface area is 118 Å². The van der Waals surface area contributed by atoms with Crippen LogP contribution in [0.4, 0.5) is 0 Å². The number of aromatic amines is 1. The molecule has 20 heavy (non-hydrogen) atoms. The summed E-state index contributed by atoms with van der Waals surface area (Å²) >= 11 is 0. The van der Waals surface area contributed by atoms with Crippen LogP contribution in [0.15, 0.2) is 36.8 Å². The maximum Gasteiger partial charge on any atom is 0.354 e. The number of nitrogens with one attached hydrogen (secondary N) is 1. The van der Waals surface area contributed by atoms with E-state index in [-0.39, 0.29) is 12.0 Å². The molecular formula is C15H19N3O2. The highest BCUT2D eigenvalue weighted by Crippen LogP contribution is 2.20. The van der Waals surface area contributed by atoms with Gasteiger partial charge >= 0.3 is 5.97 Å². The average molecular weight is 273 g/mol. The van der Waals surface area contributed by atoms with Gasteiger partial charge in [0, 0.05) is 31.2 Å². The third kappa shape index (κ3) is 3.24. The zero-order valence-electron chi connectivity index (χ0n) is 12.0. The first-order valence-electron chi connectivity index (χ1n) is 6.47. The van der Waals surface area contributed by atoms with Gasteiger partial charge in [0.1, 0.15) is 5.69 Å². The molecule has 106 valence electrons. The third-order valence-corrected chi connectivity index (χ3v) is 3.43. The molecule has 1 N–H and O–H groups in total. The molecule has 5 heteroatoms. The van der Waals surface area contributed by atoms with E-state index in [4.69, 9.17) is 0 Å². The molecule has 0 saturated heterocycles. The van der Waals surface area contributed by atoms with Crippen LogP contribution in [0.25, 0.3) is 0 Å². The summed E-state index contributed by atoms with van der Waals surface area (Å²) in [5.74, 6) is -0.346. The standard InChI is InChI=1S/C15H19N3O2/c1-11(13-4-6-16-7-5-13)18(2)10-12-8-14(17-9-12)15(19)20-3/h4-9,11,17H,10H2,1-3H3. The lowest BCUT2D eigenvalue weighted by Crippen LogP contribution is -2.21. The minimum atomic E-state index is -0.346. The zero-order chi connectivity index (χ0) is 14.5. The molecule has 0 aliphatic carbocycles.